The molecule has 0 radical (unpaired) electrons. The van der Waals surface area contributed by atoms with Crippen molar-refractivity contribution in [2.45, 2.75) is 18.8 Å². The van der Waals surface area contributed by atoms with E-state index in [0.29, 0.717) is 0 Å². The maximum atomic E-state index is 13.4. The number of hydrogen-bond acceptors (Lipinski definition) is 3. The molecule has 0 aromatic heterocycles. The largest absolute Gasteiger partial charge is 0.466 e. The summed E-state index contributed by atoms with van der Waals surface area (Å²) in [6.45, 7) is 1.20. The molecule has 0 amide bonds. The van der Waals surface area contributed by atoms with Gasteiger partial charge < -0.3 is 4.74 Å². The van der Waals surface area contributed by atoms with Gasteiger partial charge >= 0.3 is 5.97 Å². The number of esters is 1. The Morgan fingerprint density at radius 1 is 1.44 bits per heavy atom. The summed E-state index contributed by atoms with van der Waals surface area (Å²) in [6, 6.07) is 9.22. The van der Waals surface area contributed by atoms with Crippen LogP contribution in [0.2, 0.25) is 0 Å². The summed E-state index contributed by atoms with van der Waals surface area (Å²) < 4.78 is 29.5. The third-order valence-electron chi connectivity index (χ3n) is 2.10. The molecule has 0 saturated carbocycles. The van der Waals surface area contributed by atoms with Gasteiger partial charge in [0, 0.05) is 18.8 Å². The van der Waals surface area contributed by atoms with Gasteiger partial charge in [-0.15, -0.1) is 0 Å². The highest BCUT2D eigenvalue weighted by Gasteiger charge is 2.12. The molecule has 5 heteroatoms. The molecule has 0 N–H and O–H groups in total. The summed E-state index contributed by atoms with van der Waals surface area (Å²) in [5.74, 6) is -0.465. The number of ether oxygens (including phenoxy) is 1. The molecule has 1 rings (SSSR count). The number of alkyl halides is 1. The van der Waals surface area contributed by atoms with Gasteiger partial charge in [-0.05, 0) is 11.6 Å². The second-order valence-electron chi connectivity index (χ2n) is 3.58. The van der Waals surface area contributed by atoms with E-state index in [0.717, 1.165) is 5.56 Å². The Balaban J connectivity index is 2.40. The van der Waals surface area contributed by atoms with E-state index in [4.69, 9.17) is 0 Å². The molecule has 2 unspecified atom stereocenters. The summed E-state index contributed by atoms with van der Waals surface area (Å²) in [5, 5.41) is 1.31. The summed E-state index contributed by atoms with van der Waals surface area (Å²) in [5.41, 5.74) is -0.664. The quantitative estimate of drug-likeness (QED) is 0.746. The standard InChI is InChI=1S/C13H15FO3S/c1-11(15)17-9-7-13(14)18(16)10-8-12-5-3-2-4-6-12/h2-6,8,10,13H,7,9H2,1H3. The summed E-state index contributed by atoms with van der Waals surface area (Å²) >= 11 is 0. The fourth-order valence-electron chi connectivity index (χ4n) is 1.21. The molecule has 98 valence electrons. The summed E-state index contributed by atoms with van der Waals surface area (Å²) in [7, 11) is -1.72. The summed E-state index contributed by atoms with van der Waals surface area (Å²) in [6.07, 6.45) is 1.54. The lowest BCUT2D eigenvalue weighted by Crippen LogP contribution is -2.11. The molecule has 0 heterocycles. The molecule has 0 aliphatic rings. The van der Waals surface area contributed by atoms with Crippen molar-refractivity contribution in [1.29, 1.82) is 0 Å². The van der Waals surface area contributed by atoms with Crippen LogP contribution in [0.4, 0.5) is 4.39 Å². The minimum absolute atomic E-state index is 0.0541. The van der Waals surface area contributed by atoms with E-state index in [-0.39, 0.29) is 13.0 Å². The van der Waals surface area contributed by atoms with Crippen LogP contribution >= 0.6 is 0 Å². The van der Waals surface area contributed by atoms with Gasteiger partial charge in [0.1, 0.15) is 0 Å². The van der Waals surface area contributed by atoms with E-state index in [1.54, 1.807) is 6.08 Å². The first kappa shape index (κ1) is 14.6. The number of carbonyl (C=O) groups is 1. The first-order valence-electron chi connectivity index (χ1n) is 5.49. The molecule has 2 atom stereocenters. The molecule has 1 aromatic rings. The molecule has 18 heavy (non-hydrogen) atoms. The van der Waals surface area contributed by atoms with Crippen molar-refractivity contribution in [1.82, 2.24) is 0 Å². The average molecular weight is 270 g/mol. The van der Waals surface area contributed by atoms with Crippen LogP contribution in [0.1, 0.15) is 18.9 Å². The number of carbonyl (C=O) groups excluding carboxylic acids is 1. The van der Waals surface area contributed by atoms with Gasteiger partial charge in [-0.25, -0.2) is 4.39 Å². The van der Waals surface area contributed by atoms with Crippen LogP contribution in [0.3, 0.4) is 0 Å². The molecule has 0 fully saturated rings. The van der Waals surface area contributed by atoms with E-state index in [1.165, 1.54) is 12.3 Å². The zero-order chi connectivity index (χ0) is 13.4. The Bertz CT molecular complexity index is 431. The van der Waals surface area contributed by atoms with Crippen molar-refractivity contribution >= 4 is 22.8 Å². The van der Waals surface area contributed by atoms with Crippen molar-refractivity contribution in [2.75, 3.05) is 6.61 Å². The van der Waals surface area contributed by atoms with Crippen LogP contribution in [0, 0.1) is 0 Å². The molecule has 0 spiro atoms. The van der Waals surface area contributed by atoms with E-state index in [2.05, 4.69) is 4.74 Å². The van der Waals surface area contributed by atoms with Crippen LogP contribution < -0.4 is 0 Å². The van der Waals surface area contributed by atoms with Crippen LogP contribution in [0.15, 0.2) is 35.7 Å². The Morgan fingerprint density at radius 2 is 2.11 bits per heavy atom. The minimum Gasteiger partial charge on any atom is -0.466 e. The molecule has 0 saturated heterocycles. The first-order valence-corrected chi connectivity index (χ1v) is 6.77. The van der Waals surface area contributed by atoms with E-state index in [1.807, 2.05) is 30.3 Å². The SMILES string of the molecule is CC(=O)OCCC(F)S(=O)C=Cc1ccccc1. The Morgan fingerprint density at radius 3 is 2.72 bits per heavy atom. The van der Waals surface area contributed by atoms with E-state index in [9.17, 15) is 13.4 Å². The molecule has 3 nitrogen and oxygen atoms in total. The lowest BCUT2D eigenvalue weighted by atomic mass is 10.2. The lowest BCUT2D eigenvalue weighted by molar-refractivity contribution is -0.141. The normalized spacial score (nSPS) is 14.3. The molecular weight excluding hydrogens is 255 g/mol. The zero-order valence-electron chi connectivity index (χ0n) is 10.0. The second kappa shape index (κ2) is 7.76. The van der Waals surface area contributed by atoms with Crippen molar-refractivity contribution < 1.29 is 18.1 Å². The zero-order valence-corrected chi connectivity index (χ0v) is 10.9. The molecule has 1 aromatic carbocycles. The smallest absolute Gasteiger partial charge is 0.302 e. The van der Waals surface area contributed by atoms with Gasteiger partial charge in [-0.1, -0.05) is 30.3 Å². The van der Waals surface area contributed by atoms with E-state index >= 15 is 0 Å². The highest BCUT2D eigenvalue weighted by Crippen LogP contribution is 2.09. The predicted octanol–water partition coefficient (Wildman–Crippen LogP) is 2.65. The highest BCUT2D eigenvalue weighted by atomic mass is 32.2. The number of benzene rings is 1. The Labute approximate surface area is 108 Å². The van der Waals surface area contributed by atoms with Gasteiger partial charge in [0.25, 0.3) is 0 Å². The number of hydrogen-bond donors (Lipinski definition) is 0. The molecule has 0 aliphatic carbocycles. The lowest BCUT2D eigenvalue weighted by Gasteiger charge is -2.05. The topological polar surface area (TPSA) is 43.4 Å². The van der Waals surface area contributed by atoms with Crippen molar-refractivity contribution in [2.24, 2.45) is 0 Å². The van der Waals surface area contributed by atoms with Crippen molar-refractivity contribution in [3.63, 3.8) is 0 Å². The van der Waals surface area contributed by atoms with Crippen molar-refractivity contribution in [3.05, 3.63) is 41.3 Å². The first-order chi connectivity index (χ1) is 8.59. The van der Waals surface area contributed by atoms with Crippen LogP contribution in [-0.2, 0) is 20.3 Å². The van der Waals surface area contributed by atoms with Gasteiger partial charge in [0.05, 0.1) is 17.4 Å². The van der Waals surface area contributed by atoms with E-state index < -0.39 is 22.3 Å². The third-order valence-corrected chi connectivity index (χ3v) is 3.24. The minimum atomic E-state index is -1.72. The second-order valence-corrected chi connectivity index (χ2v) is 5.02. The maximum absolute atomic E-state index is 13.4. The van der Waals surface area contributed by atoms with Crippen LogP contribution in [0.25, 0.3) is 6.08 Å². The fraction of sp³-hybridized carbons (Fsp3) is 0.308. The molecule has 0 bridgehead atoms. The number of halogens is 1. The molecular formula is C13H15FO3S. The Kier molecular flexibility index (Phi) is 6.28. The van der Waals surface area contributed by atoms with Crippen LogP contribution in [-0.4, -0.2) is 22.3 Å². The van der Waals surface area contributed by atoms with Gasteiger partial charge in [0.15, 0.2) is 5.50 Å². The summed E-state index contributed by atoms with van der Waals surface area (Å²) in [4.78, 5) is 10.5. The highest BCUT2D eigenvalue weighted by molar-refractivity contribution is 7.88. The van der Waals surface area contributed by atoms with Crippen molar-refractivity contribution in [3.8, 4) is 0 Å². The van der Waals surface area contributed by atoms with Crippen LogP contribution in [0.5, 0.6) is 0 Å². The van der Waals surface area contributed by atoms with Gasteiger partial charge in [-0.2, -0.15) is 0 Å². The Hall–Kier alpha value is -1.49. The number of rotatable bonds is 6. The maximum Gasteiger partial charge on any atom is 0.302 e. The third kappa shape index (κ3) is 5.72. The average Bonchev–Trinajstić information content (AvgIpc) is 2.36. The molecule has 0 aliphatic heterocycles. The monoisotopic (exact) mass is 270 g/mol. The van der Waals surface area contributed by atoms with Gasteiger partial charge in [-0.3, -0.25) is 9.00 Å². The predicted molar refractivity (Wildman–Crippen MR) is 69.8 cm³/mol. The van der Waals surface area contributed by atoms with Gasteiger partial charge in [0.2, 0.25) is 0 Å². The fourth-order valence-corrected chi connectivity index (χ4v) is 2.00.